The van der Waals surface area contributed by atoms with E-state index in [1.165, 1.54) is 0 Å². The van der Waals surface area contributed by atoms with Crippen molar-refractivity contribution in [3.05, 3.63) is 29.0 Å². The minimum Gasteiger partial charge on any atom is -0.466 e. The van der Waals surface area contributed by atoms with Gasteiger partial charge in [-0.25, -0.2) is 4.98 Å². The number of carbonyl (C=O) groups excluding carboxylic acids is 1. The highest BCUT2D eigenvalue weighted by atomic mass is 35.5. The minimum absolute atomic E-state index is 0.0212. The van der Waals surface area contributed by atoms with E-state index in [0.717, 1.165) is 12.0 Å². The maximum Gasteiger partial charge on any atom is 0.309 e. The van der Waals surface area contributed by atoms with Gasteiger partial charge < -0.3 is 4.74 Å². The third-order valence-electron chi connectivity index (χ3n) is 2.56. The summed E-state index contributed by atoms with van der Waals surface area (Å²) in [5, 5.41) is 0.479. The van der Waals surface area contributed by atoms with Crippen molar-refractivity contribution in [1.29, 1.82) is 0 Å². The van der Waals surface area contributed by atoms with Crippen LogP contribution in [0.3, 0.4) is 0 Å². The largest absolute Gasteiger partial charge is 0.466 e. The van der Waals surface area contributed by atoms with Crippen LogP contribution in [0.2, 0.25) is 5.15 Å². The Morgan fingerprint density at radius 1 is 1.67 bits per heavy atom. The first-order valence-corrected chi connectivity index (χ1v) is 5.38. The average molecular weight is 226 g/mol. The number of nitrogens with zero attached hydrogens (tertiary/aromatic N) is 1. The quantitative estimate of drug-likeness (QED) is 0.586. The molecule has 1 aromatic heterocycles. The predicted octanol–water partition coefficient (Wildman–Crippen LogP) is 2.40. The Bertz CT molecular complexity index is 363. The maximum atomic E-state index is 11.4. The number of rotatable bonds is 3. The Hall–Kier alpha value is -1.09. The van der Waals surface area contributed by atoms with E-state index in [1.54, 1.807) is 12.3 Å². The lowest BCUT2D eigenvalue weighted by Gasteiger charge is -2.00. The number of aromatic nitrogens is 1. The topological polar surface area (TPSA) is 39.2 Å². The summed E-state index contributed by atoms with van der Waals surface area (Å²) >= 11 is 5.68. The fourth-order valence-electron chi connectivity index (χ4n) is 1.68. The second-order valence-electron chi connectivity index (χ2n) is 3.61. The molecule has 4 heteroatoms. The second-order valence-corrected chi connectivity index (χ2v) is 4.00. The summed E-state index contributed by atoms with van der Waals surface area (Å²) in [6, 6.07) is 3.66. The minimum atomic E-state index is -0.0996. The lowest BCUT2D eigenvalue weighted by molar-refractivity contribution is -0.144. The summed E-state index contributed by atoms with van der Waals surface area (Å²) in [5.74, 6) is 0.194. The Balaban J connectivity index is 1.98. The molecule has 0 aliphatic heterocycles. The Labute approximate surface area is 93.4 Å². The van der Waals surface area contributed by atoms with E-state index >= 15 is 0 Å². The molecule has 0 radical (unpaired) electrons. The van der Waals surface area contributed by atoms with Gasteiger partial charge in [0.1, 0.15) is 5.15 Å². The first-order valence-electron chi connectivity index (χ1n) is 5.00. The van der Waals surface area contributed by atoms with Crippen molar-refractivity contribution in [1.82, 2.24) is 4.98 Å². The molecule has 0 N–H and O–H groups in total. The molecular formula is C11H12ClNO2. The van der Waals surface area contributed by atoms with Crippen molar-refractivity contribution >= 4 is 17.6 Å². The van der Waals surface area contributed by atoms with Crippen LogP contribution in [0.1, 0.15) is 24.8 Å². The summed E-state index contributed by atoms with van der Waals surface area (Å²) in [6.07, 6.45) is 2.59. The van der Waals surface area contributed by atoms with Gasteiger partial charge in [0.15, 0.2) is 0 Å². The standard InChI is InChI=1S/C11H12ClNO2/c1-2-15-11(14)9-5-8(9)7-3-4-10(12)13-6-7/h3-4,6,8-9H,2,5H2,1H3. The SMILES string of the molecule is CCOC(=O)C1CC1c1ccc(Cl)nc1. The van der Waals surface area contributed by atoms with E-state index in [4.69, 9.17) is 16.3 Å². The number of halogens is 1. The monoisotopic (exact) mass is 225 g/mol. The zero-order valence-corrected chi connectivity index (χ0v) is 9.20. The average Bonchev–Trinajstić information content (AvgIpc) is 2.99. The normalized spacial score (nSPS) is 23.6. The number of pyridine rings is 1. The van der Waals surface area contributed by atoms with Gasteiger partial charge in [0.05, 0.1) is 12.5 Å². The molecule has 1 aromatic rings. The molecule has 0 amide bonds. The van der Waals surface area contributed by atoms with E-state index in [1.807, 2.05) is 13.0 Å². The summed E-state index contributed by atoms with van der Waals surface area (Å²) < 4.78 is 4.96. The molecule has 0 spiro atoms. The fourth-order valence-corrected chi connectivity index (χ4v) is 1.79. The summed E-state index contributed by atoms with van der Waals surface area (Å²) in [4.78, 5) is 15.4. The van der Waals surface area contributed by atoms with Crippen LogP contribution in [-0.4, -0.2) is 17.6 Å². The molecule has 2 atom stereocenters. The van der Waals surface area contributed by atoms with Crippen LogP contribution >= 0.6 is 11.6 Å². The van der Waals surface area contributed by atoms with Crippen LogP contribution in [-0.2, 0) is 9.53 Å². The highest BCUT2D eigenvalue weighted by molar-refractivity contribution is 6.29. The third kappa shape index (κ3) is 2.29. The van der Waals surface area contributed by atoms with E-state index in [9.17, 15) is 4.79 Å². The molecule has 0 aromatic carbocycles. The second kappa shape index (κ2) is 4.19. The zero-order chi connectivity index (χ0) is 10.8. The third-order valence-corrected chi connectivity index (χ3v) is 2.78. The number of carbonyl (C=O) groups is 1. The van der Waals surface area contributed by atoms with Crippen molar-refractivity contribution in [3.8, 4) is 0 Å². The molecule has 0 saturated heterocycles. The molecule has 1 fully saturated rings. The van der Waals surface area contributed by atoms with Gasteiger partial charge in [0.25, 0.3) is 0 Å². The summed E-state index contributed by atoms with van der Waals surface area (Å²) in [7, 11) is 0. The lowest BCUT2D eigenvalue weighted by Crippen LogP contribution is -2.07. The van der Waals surface area contributed by atoms with Gasteiger partial charge in [0.2, 0.25) is 0 Å². The van der Waals surface area contributed by atoms with Crippen LogP contribution in [0.15, 0.2) is 18.3 Å². The Morgan fingerprint density at radius 2 is 2.47 bits per heavy atom. The van der Waals surface area contributed by atoms with E-state index in [0.29, 0.717) is 11.8 Å². The molecule has 3 nitrogen and oxygen atoms in total. The van der Waals surface area contributed by atoms with Crippen LogP contribution in [0.25, 0.3) is 0 Å². The van der Waals surface area contributed by atoms with Gasteiger partial charge in [-0.3, -0.25) is 4.79 Å². The fraction of sp³-hybridized carbons (Fsp3) is 0.455. The highest BCUT2D eigenvalue weighted by Crippen LogP contribution is 2.47. The summed E-state index contributed by atoms with van der Waals surface area (Å²) in [6.45, 7) is 2.26. The predicted molar refractivity (Wildman–Crippen MR) is 56.7 cm³/mol. The molecule has 80 valence electrons. The van der Waals surface area contributed by atoms with Crippen molar-refractivity contribution in [2.24, 2.45) is 5.92 Å². The van der Waals surface area contributed by atoms with Crippen molar-refractivity contribution in [2.75, 3.05) is 6.61 Å². The first-order chi connectivity index (χ1) is 7.22. The van der Waals surface area contributed by atoms with Gasteiger partial charge in [-0.05, 0) is 30.9 Å². The van der Waals surface area contributed by atoms with Gasteiger partial charge in [-0.15, -0.1) is 0 Å². The maximum absolute atomic E-state index is 11.4. The van der Waals surface area contributed by atoms with Gasteiger partial charge >= 0.3 is 5.97 Å². The van der Waals surface area contributed by atoms with Crippen LogP contribution in [0.5, 0.6) is 0 Å². The van der Waals surface area contributed by atoms with Crippen molar-refractivity contribution in [2.45, 2.75) is 19.3 Å². The lowest BCUT2D eigenvalue weighted by atomic mass is 10.1. The van der Waals surface area contributed by atoms with Crippen LogP contribution in [0.4, 0.5) is 0 Å². The van der Waals surface area contributed by atoms with E-state index < -0.39 is 0 Å². The van der Waals surface area contributed by atoms with Crippen LogP contribution < -0.4 is 0 Å². The molecule has 1 aliphatic carbocycles. The zero-order valence-electron chi connectivity index (χ0n) is 8.44. The number of hydrogen-bond donors (Lipinski definition) is 0. The first kappa shape index (κ1) is 10.4. The number of hydrogen-bond acceptors (Lipinski definition) is 3. The molecule has 1 aliphatic rings. The molecule has 2 rings (SSSR count). The number of ether oxygens (including phenoxy) is 1. The molecular weight excluding hydrogens is 214 g/mol. The van der Waals surface area contributed by atoms with Crippen molar-refractivity contribution in [3.63, 3.8) is 0 Å². The molecule has 2 unspecified atom stereocenters. The Morgan fingerprint density at radius 3 is 3.07 bits per heavy atom. The van der Waals surface area contributed by atoms with Gasteiger partial charge in [0, 0.05) is 6.20 Å². The number of esters is 1. The molecule has 1 saturated carbocycles. The van der Waals surface area contributed by atoms with Gasteiger partial charge in [-0.1, -0.05) is 17.7 Å². The van der Waals surface area contributed by atoms with E-state index in [2.05, 4.69) is 4.98 Å². The summed E-state index contributed by atoms with van der Waals surface area (Å²) in [5.41, 5.74) is 1.07. The Kier molecular flexibility index (Phi) is 2.91. The van der Waals surface area contributed by atoms with E-state index in [-0.39, 0.29) is 17.8 Å². The van der Waals surface area contributed by atoms with Crippen LogP contribution in [0, 0.1) is 5.92 Å². The van der Waals surface area contributed by atoms with Crippen molar-refractivity contribution < 1.29 is 9.53 Å². The molecule has 1 heterocycles. The smallest absolute Gasteiger partial charge is 0.309 e. The molecule has 0 bridgehead atoms. The highest BCUT2D eigenvalue weighted by Gasteiger charge is 2.45. The molecule has 15 heavy (non-hydrogen) atoms. The van der Waals surface area contributed by atoms with Gasteiger partial charge in [-0.2, -0.15) is 0 Å².